The van der Waals surface area contributed by atoms with Gasteiger partial charge in [0.25, 0.3) is 6.01 Å². The van der Waals surface area contributed by atoms with Gasteiger partial charge >= 0.3 is 0 Å². The van der Waals surface area contributed by atoms with Gasteiger partial charge in [0.2, 0.25) is 0 Å². The summed E-state index contributed by atoms with van der Waals surface area (Å²) in [6.07, 6.45) is 3.34. The Balaban J connectivity index is 2.25. The van der Waals surface area contributed by atoms with E-state index in [1.165, 1.54) is 6.26 Å². The molecule has 0 fully saturated rings. The van der Waals surface area contributed by atoms with Gasteiger partial charge in [-0.25, -0.2) is 0 Å². The van der Waals surface area contributed by atoms with Crippen LogP contribution in [0.4, 0.5) is 6.01 Å². The molecule has 2 aromatic heterocycles. The fourth-order valence-electron chi connectivity index (χ4n) is 1.90. The molecule has 3 N–H and O–H groups in total. The van der Waals surface area contributed by atoms with E-state index in [-0.39, 0.29) is 6.01 Å². The van der Waals surface area contributed by atoms with E-state index in [0.717, 1.165) is 16.5 Å². The van der Waals surface area contributed by atoms with Gasteiger partial charge in [0.05, 0.1) is 12.1 Å². The molecule has 0 aliphatic heterocycles. The fourth-order valence-corrected chi connectivity index (χ4v) is 2.14. The molecule has 2 heterocycles. The highest BCUT2D eigenvalue weighted by Gasteiger charge is 2.12. The first-order chi connectivity index (χ1) is 8.69. The van der Waals surface area contributed by atoms with Gasteiger partial charge in [-0.3, -0.25) is 0 Å². The Kier molecular flexibility index (Phi) is 2.41. The van der Waals surface area contributed by atoms with E-state index in [4.69, 9.17) is 26.5 Å². The van der Waals surface area contributed by atoms with Crippen molar-refractivity contribution in [1.82, 2.24) is 9.97 Å². The molecule has 0 aliphatic carbocycles. The number of halogens is 1. The third kappa shape index (κ3) is 1.60. The van der Waals surface area contributed by atoms with Crippen molar-refractivity contribution >= 4 is 28.5 Å². The number of rotatable bonds is 2. The molecule has 3 rings (SSSR count). The minimum absolute atomic E-state index is 0.139. The average molecular weight is 264 g/mol. The second kappa shape index (κ2) is 3.96. The summed E-state index contributed by atoms with van der Waals surface area (Å²) in [7, 11) is 1.58. The van der Waals surface area contributed by atoms with Gasteiger partial charge in [0.15, 0.2) is 0 Å². The zero-order chi connectivity index (χ0) is 12.7. The van der Waals surface area contributed by atoms with Crippen LogP contribution in [0.15, 0.2) is 29.0 Å². The van der Waals surface area contributed by atoms with Crippen molar-refractivity contribution in [1.29, 1.82) is 0 Å². The van der Waals surface area contributed by atoms with Crippen molar-refractivity contribution in [3.63, 3.8) is 0 Å². The molecule has 6 heteroatoms. The quantitative estimate of drug-likeness (QED) is 0.745. The van der Waals surface area contributed by atoms with Gasteiger partial charge in [-0.2, -0.15) is 4.98 Å². The molecule has 0 unspecified atom stereocenters. The smallest absolute Gasteiger partial charge is 0.292 e. The first kappa shape index (κ1) is 11.0. The zero-order valence-corrected chi connectivity index (χ0v) is 10.3. The SMILES string of the molecule is COc1cc2c(-c3coc(N)n3)c[nH]c2cc1Cl. The molecule has 1 aromatic carbocycles. The number of ether oxygens (including phenoxy) is 1. The summed E-state index contributed by atoms with van der Waals surface area (Å²) in [5.41, 5.74) is 7.93. The van der Waals surface area contributed by atoms with Crippen LogP contribution in [0, 0.1) is 0 Å². The number of methoxy groups -OCH3 is 1. The number of aromatic amines is 1. The van der Waals surface area contributed by atoms with Crippen LogP contribution in [0.3, 0.4) is 0 Å². The van der Waals surface area contributed by atoms with Crippen LogP contribution >= 0.6 is 11.6 Å². The lowest BCUT2D eigenvalue weighted by molar-refractivity contribution is 0.415. The van der Waals surface area contributed by atoms with Gasteiger partial charge in [0, 0.05) is 22.7 Å². The fraction of sp³-hybridized carbons (Fsp3) is 0.0833. The van der Waals surface area contributed by atoms with Crippen LogP contribution in [0.25, 0.3) is 22.2 Å². The average Bonchev–Trinajstić information content (AvgIpc) is 2.93. The molecule has 0 aliphatic rings. The third-order valence-corrected chi connectivity index (χ3v) is 3.05. The number of nitrogens with two attached hydrogens (primary N) is 1. The van der Waals surface area contributed by atoms with Gasteiger partial charge in [-0.1, -0.05) is 11.6 Å². The Bertz CT molecular complexity index is 717. The lowest BCUT2D eigenvalue weighted by atomic mass is 10.1. The van der Waals surface area contributed by atoms with Crippen LogP contribution < -0.4 is 10.5 Å². The molecule has 0 radical (unpaired) electrons. The number of benzene rings is 1. The molecule has 3 aromatic rings. The molecular weight excluding hydrogens is 254 g/mol. The summed E-state index contributed by atoms with van der Waals surface area (Å²) in [5.74, 6) is 0.612. The number of hydrogen-bond acceptors (Lipinski definition) is 4. The summed E-state index contributed by atoms with van der Waals surface area (Å²) < 4.78 is 10.2. The number of nitrogens with zero attached hydrogens (tertiary/aromatic N) is 1. The maximum Gasteiger partial charge on any atom is 0.292 e. The van der Waals surface area contributed by atoms with E-state index >= 15 is 0 Å². The van der Waals surface area contributed by atoms with E-state index in [2.05, 4.69) is 9.97 Å². The van der Waals surface area contributed by atoms with Crippen LogP contribution in [-0.2, 0) is 0 Å². The lowest BCUT2D eigenvalue weighted by Crippen LogP contribution is -1.85. The summed E-state index contributed by atoms with van der Waals surface area (Å²) in [6.45, 7) is 0. The van der Waals surface area contributed by atoms with E-state index in [1.807, 2.05) is 18.3 Å². The lowest BCUT2D eigenvalue weighted by Gasteiger charge is -2.03. The Labute approximate surface area is 108 Å². The summed E-state index contributed by atoms with van der Waals surface area (Å²) in [4.78, 5) is 7.22. The zero-order valence-electron chi connectivity index (χ0n) is 9.53. The molecule has 0 spiro atoms. The first-order valence-electron chi connectivity index (χ1n) is 5.25. The number of anilines is 1. The Morgan fingerprint density at radius 3 is 2.94 bits per heavy atom. The molecule has 0 bridgehead atoms. The largest absolute Gasteiger partial charge is 0.495 e. The summed E-state index contributed by atoms with van der Waals surface area (Å²) in [5, 5.41) is 1.50. The molecular formula is C12H10ClN3O2. The molecule has 92 valence electrons. The number of aromatic nitrogens is 2. The van der Waals surface area contributed by atoms with E-state index in [9.17, 15) is 0 Å². The Hall–Kier alpha value is -2.14. The Morgan fingerprint density at radius 2 is 2.28 bits per heavy atom. The summed E-state index contributed by atoms with van der Waals surface area (Å²) in [6, 6.07) is 3.80. The number of hydrogen-bond donors (Lipinski definition) is 2. The maximum atomic E-state index is 6.06. The molecule has 0 amide bonds. The van der Waals surface area contributed by atoms with Crippen LogP contribution in [0.1, 0.15) is 0 Å². The third-order valence-electron chi connectivity index (χ3n) is 2.75. The number of H-pyrrole nitrogens is 1. The highest BCUT2D eigenvalue weighted by molar-refractivity contribution is 6.33. The van der Waals surface area contributed by atoms with Crippen LogP contribution in [-0.4, -0.2) is 17.1 Å². The van der Waals surface area contributed by atoms with Crippen molar-refractivity contribution in [2.24, 2.45) is 0 Å². The number of nitrogens with one attached hydrogen (secondary N) is 1. The van der Waals surface area contributed by atoms with Crippen molar-refractivity contribution in [3.8, 4) is 17.0 Å². The number of oxazole rings is 1. The van der Waals surface area contributed by atoms with Crippen molar-refractivity contribution in [2.45, 2.75) is 0 Å². The molecule has 0 saturated carbocycles. The van der Waals surface area contributed by atoms with Crippen molar-refractivity contribution in [3.05, 3.63) is 29.6 Å². The predicted octanol–water partition coefficient (Wildman–Crippen LogP) is 3.07. The predicted molar refractivity (Wildman–Crippen MR) is 69.8 cm³/mol. The van der Waals surface area contributed by atoms with E-state index < -0.39 is 0 Å². The molecule has 0 atom stereocenters. The topological polar surface area (TPSA) is 77.1 Å². The van der Waals surface area contributed by atoms with Gasteiger partial charge in [-0.05, 0) is 12.1 Å². The van der Waals surface area contributed by atoms with Crippen LogP contribution in [0.5, 0.6) is 5.75 Å². The molecule has 18 heavy (non-hydrogen) atoms. The Morgan fingerprint density at radius 1 is 1.44 bits per heavy atom. The van der Waals surface area contributed by atoms with E-state index in [1.54, 1.807) is 7.11 Å². The van der Waals surface area contributed by atoms with Crippen molar-refractivity contribution < 1.29 is 9.15 Å². The minimum atomic E-state index is 0.139. The standard InChI is InChI=1S/C12H10ClN3O2/c1-17-11-2-6-7(10-5-18-12(14)16-10)4-15-9(6)3-8(11)13/h2-5,15H,1H3,(H2,14,16). The van der Waals surface area contributed by atoms with E-state index in [0.29, 0.717) is 16.5 Å². The number of fused-ring (bicyclic) bond motifs is 1. The van der Waals surface area contributed by atoms with Gasteiger partial charge in [0.1, 0.15) is 17.7 Å². The van der Waals surface area contributed by atoms with Gasteiger partial charge in [-0.15, -0.1) is 0 Å². The summed E-state index contributed by atoms with van der Waals surface area (Å²) >= 11 is 6.06. The molecule has 5 nitrogen and oxygen atoms in total. The second-order valence-electron chi connectivity index (χ2n) is 3.81. The van der Waals surface area contributed by atoms with Crippen molar-refractivity contribution in [2.75, 3.05) is 12.8 Å². The first-order valence-corrected chi connectivity index (χ1v) is 5.63. The van der Waals surface area contributed by atoms with Gasteiger partial charge < -0.3 is 19.9 Å². The normalized spacial score (nSPS) is 11.0. The van der Waals surface area contributed by atoms with Crippen LogP contribution in [0.2, 0.25) is 5.02 Å². The second-order valence-corrected chi connectivity index (χ2v) is 4.21. The maximum absolute atomic E-state index is 6.06. The molecule has 0 saturated heterocycles. The highest BCUT2D eigenvalue weighted by Crippen LogP contribution is 2.35. The minimum Gasteiger partial charge on any atom is -0.495 e. The highest BCUT2D eigenvalue weighted by atomic mass is 35.5. The number of nitrogen functional groups attached to an aromatic ring is 1. The monoisotopic (exact) mass is 263 g/mol.